The van der Waals surface area contributed by atoms with Gasteiger partial charge in [0.25, 0.3) is 0 Å². The van der Waals surface area contributed by atoms with Gasteiger partial charge in [0.15, 0.2) is 5.76 Å². The number of nitrogens with one attached hydrogen (secondary N) is 1. The van der Waals surface area contributed by atoms with Crippen molar-refractivity contribution in [3.8, 4) is 5.75 Å². The molecule has 0 amide bonds. The number of sulfonamides is 1. The van der Waals surface area contributed by atoms with Gasteiger partial charge in [0.05, 0.1) is 25.5 Å². The number of hydrogen-bond acceptors (Lipinski definition) is 7. The standard InChI is InChI=1S/C16H21N3O5S/c1-9-16(10(2)24-18-9)25(21,22)19-15(11-4-13(20)5-11)12-6-14(23-3)8-17-7-12/h6-8,11,13,15,19-20H,4-5H2,1-3H3. The molecule has 1 aliphatic rings. The van der Waals surface area contributed by atoms with E-state index in [1.165, 1.54) is 7.11 Å². The van der Waals surface area contributed by atoms with Gasteiger partial charge in [-0.1, -0.05) is 5.16 Å². The molecule has 3 rings (SSSR count). The monoisotopic (exact) mass is 367 g/mol. The summed E-state index contributed by atoms with van der Waals surface area (Å²) in [5, 5.41) is 13.4. The molecule has 1 saturated carbocycles. The Kier molecular flexibility index (Phi) is 4.81. The largest absolute Gasteiger partial charge is 0.495 e. The average molecular weight is 367 g/mol. The van der Waals surface area contributed by atoms with Crippen molar-refractivity contribution in [1.82, 2.24) is 14.9 Å². The summed E-state index contributed by atoms with van der Waals surface area (Å²) in [5.74, 6) is 0.749. The van der Waals surface area contributed by atoms with Crippen molar-refractivity contribution in [2.24, 2.45) is 5.92 Å². The summed E-state index contributed by atoms with van der Waals surface area (Å²) in [5.41, 5.74) is 0.993. The van der Waals surface area contributed by atoms with Crippen LogP contribution in [-0.2, 0) is 10.0 Å². The minimum absolute atomic E-state index is 0.0286. The van der Waals surface area contributed by atoms with E-state index in [9.17, 15) is 13.5 Å². The molecule has 2 aromatic rings. The lowest BCUT2D eigenvalue weighted by atomic mass is 9.76. The fourth-order valence-electron chi connectivity index (χ4n) is 3.14. The molecule has 1 fully saturated rings. The van der Waals surface area contributed by atoms with Gasteiger partial charge >= 0.3 is 0 Å². The first-order chi connectivity index (χ1) is 11.8. The summed E-state index contributed by atoms with van der Waals surface area (Å²) < 4.78 is 38.6. The topological polar surface area (TPSA) is 115 Å². The number of aromatic nitrogens is 2. The third-order valence-electron chi connectivity index (χ3n) is 4.47. The van der Waals surface area contributed by atoms with Gasteiger partial charge in [-0.15, -0.1) is 0 Å². The number of aliphatic hydroxyl groups is 1. The molecule has 1 aliphatic carbocycles. The van der Waals surface area contributed by atoms with Gasteiger partial charge in [-0.25, -0.2) is 13.1 Å². The maximum Gasteiger partial charge on any atom is 0.246 e. The maximum absolute atomic E-state index is 12.9. The predicted molar refractivity (Wildman–Crippen MR) is 88.6 cm³/mol. The smallest absolute Gasteiger partial charge is 0.246 e. The van der Waals surface area contributed by atoms with Gasteiger partial charge in [0, 0.05) is 6.20 Å². The normalized spacial score (nSPS) is 21.6. The fourth-order valence-corrected chi connectivity index (χ4v) is 4.76. The van der Waals surface area contributed by atoms with Crippen LogP contribution in [0.3, 0.4) is 0 Å². The molecular formula is C16H21N3O5S. The van der Waals surface area contributed by atoms with Crippen molar-refractivity contribution in [2.75, 3.05) is 7.11 Å². The van der Waals surface area contributed by atoms with Crippen molar-refractivity contribution in [3.05, 3.63) is 35.5 Å². The Bertz CT molecular complexity index is 839. The van der Waals surface area contributed by atoms with E-state index in [0.717, 1.165) is 0 Å². The Balaban J connectivity index is 1.95. The molecule has 9 heteroatoms. The predicted octanol–water partition coefficient (Wildman–Crippen LogP) is 1.49. The quantitative estimate of drug-likeness (QED) is 0.795. The highest BCUT2D eigenvalue weighted by Crippen LogP contribution is 2.39. The number of rotatable bonds is 6. The first-order valence-electron chi connectivity index (χ1n) is 7.94. The van der Waals surface area contributed by atoms with Crippen molar-refractivity contribution in [2.45, 2.75) is 43.7 Å². The Morgan fingerprint density at radius 3 is 2.64 bits per heavy atom. The molecule has 1 unspecified atom stereocenters. The third kappa shape index (κ3) is 3.53. The number of nitrogens with zero attached hydrogens (tertiary/aromatic N) is 2. The molecule has 0 radical (unpaired) electrons. The highest BCUT2D eigenvalue weighted by Gasteiger charge is 2.38. The first kappa shape index (κ1) is 17.8. The summed E-state index contributed by atoms with van der Waals surface area (Å²) in [6, 6.07) is 1.22. The Hall–Kier alpha value is -1.97. The number of pyridine rings is 1. The van der Waals surface area contributed by atoms with Crippen molar-refractivity contribution in [1.29, 1.82) is 0 Å². The molecule has 25 heavy (non-hydrogen) atoms. The third-order valence-corrected chi connectivity index (χ3v) is 6.15. The lowest BCUT2D eigenvalue weighted by molar-refractivity contribution is 0.0279. The van der Waals surface area contributed by atoms with E-state index in [0.29, 0.717) is 29.8 Å². The molecule has 0 spiro atoms. The molecular weight excluding hydrogens is 346 g/mol. The van der Waals surface area contributed by atoms with E-state index in [4.69, 9.17) is 9.26 Å². The highest BCUT2D eigenvalue weighted by molar-refractivity contribution is 7.89. The van der Waals surface area contributed by atoms with E-state index in [2.05, 4.69) is 14.9 Å². The van der Waals surface area contributed by atoms with Crippen LogP contribution in [0.15, 0.2) is 27.9 Å². The second-order valence-electron chi connectivity index (χ2n) is 6.30. The van der Waals surface area contributed by atoms with Crippen LogP contribution in [0.25, 0.3) is 0 Å². The molecule has 1 atom stereocenters. The van der Waals surface area contributed by atoms with Crippen LogP contribution in [0, 0.1) is 19.8 Å². The summed E-state index contributed by atoms with van der Waals surface area (Å²) in [4.78, 5) is 4.16. The molecule has 0 aliphatic heterocycles. The van der Waals surface area contributed by atoms with E-state index < -0.39 is 22.2 Å². The first-order valence-corrected chi connectivity index (χ1v) is 9.42. The van der Waals surface area contributed by atoms with Gasteiger partial charge in [-0.3, -0.25) is 4.98 Å². The van der Waals surface area contributed by atoms with Crippen LogP contribution >= 0.6 is 0 Å². The van der Waals surface area contributed by atoms with Crippen LogP contribution in [-0.4, -0.2) is 36.9 Å². The van der Waals surface area contributed by atoms with Crippen LogP contribution in [0.2, 0.25) is 0 Å². The van der Waals surface area contributed by atoms with Crippen molar-refractivity contribution < 1.29 is 22.8 Å². The zero-order chi connectivity index (χ0) is 18.2. The summed E-state index contributed by atoms with van der Waals surface area (Å²) >= 11 is 0. The summed E-state index contributed by atoms with van der Waals surface area (Å²) in [7, 11) is -2.32. The van der Waals surface area contributed by atoms with Crippen LogP contribution < -0.4 is 9.46 Å². The molecule has 0 bridgehead atoms. The Morgan fingerprint density at radius 2 is 2.08 bits per heavy atom. The van der Waals surface area contributed by atoms with Crippen molar-refractivity contribution in [3.63, 3.8) is 0 Å². The minimum Gasteiger partial charge on any atom is -0.495 e. The number of methoxy groups -OCH3 is 1. The molecule has 8 nitrogen and oxygen atoms in total. The summed E-state index contributed by atoms with van der Waals surface area (Å²) in [6.45, 7) is 3.14. The second kappa shape index (κ2) is 6.74. The molecule has 0 saturated heterocycles. The molecule has 2 N–H and O–H groups in total. The average Bonchev–Trinajstić information content (AvgIpc) is 2.89. The zero-order valence-corrected chi connectivity index (χ0v) is 15.1. The van der Waals surface area contributed by atoms with Gasteiger partial charge in [0.1, 0.15) is 16.3 Å². The summed E-state index contributed by atoms with van der Waals surface area (Å²) in [6.07, 6.45) is 3.79. The Labute approximate surface area is 146 Å². The number of hydrogen-bond donors (Lipinski definition) is 2. The van der Waals surface area contributed by atoms with Crippen LogP contribution in [0.1, 0.15) is 35.9 Å². The minimum atomic E-state index is -3.84. The van der Waals surface area contributed by atoms with Crippen LogP contribution in [0.4, 0.5) is 0 Å². The van der Waals surface area contributed by atoms with Gasteiger partial charge in [-0.05, 0) is 44.2 Å². The van der Waals surface area contributed by atoms with E-state index in [1.807, 2.05) is 0 Å². The lowest BCUT2D eigenvalue weighted by Gasteiger charge is -2.38. The molecule has 2 heterocycles. The molecule has 136 valence electrons. The van der Waals surface area contributed by atoms with Gasteiger partial charge < -0.3 is 14.4 Å². The number of ether oxygens (including phenoxy) is 1. The molecule has 2 aromatic heterocycles. The van der Waals surface area contributed by atoms with E-state index >= 15 is 0 Å². The van der Waals surface area contributed by atoms with Crippen LogP contribution in [0.5, 0.6) is 5.75 Å². The Morgan fingerprint density at radius 1 is 1.36 bits per heavy atom. The van der Waals surface area contributed by atoms with Gasteiger partial charge in [-0.2, -0.15) is 0 Å². The second-order valence-corrected chi connectivity index (χ2v) is 7.95. The number of aryl methyl sites for hydroxylation is 2. The fraction of sp³-hybridized carbons (Fsp3) is 0.500. The highest BCUT2D eigenvalue weighted by atomic mass is 32.2. The van der Waals surface area contributed by atoms with Gasteiger partial charge in [0.2, 0.25) is 10.0 Å². The van der Waals surface area contributed by atoms with E-state index in [-0.39, 0.29) is 16.6 Å². The maximum atomic E-state index is 12.9. The SMILES string of the molecule is COc1cncc(C(NS(=O)(=O)c2c(C)noc2C)C2CC(O)C2)c1. The zero-order valence-electron chi connectivity index (χ0n) is 14.3. The number of aliphatic hydroxyl groups excluding tert-OH is 1. The van der Waals surface area contributed by atoms with Crippen molar-refractivity contribution >= 4 is 10.0 Å². The molecule has 0 aromatic carbocycles. The lowest BCUT2D eigenvalue weighted by Crippen LogP contribution is -2.41. The van der Waals surface area contributed by atoms with E-state index in [1.54, 1.807) is 32.3 Å².